The molecule has 1 aromatic heterocycles. The lowest BCUT2D eigenvalue weighted by molar-refractivity contribution is 0.381. The van der Waals surface area contributed by atoms with Gasteiger partial charge in [0.2, 0.25) is 5.49 Å². The molecule has 1 aliphatic rings. The Labute approximate surface area is 130 Å². The Morgan fingerprint density at radius 2 is 1.57 bits per heavy atom. The maximum Gasteiger partial charge on any atom is 0.394 e. The lowest BCUT2D eigenvalue weighted by atomic mass is 10.1. The van der Waals surface area contributed by atoms with Crippen LogP contribution in [0.1, 0.15) is 0 Å². The fourth-order valence-corrected chi connectivity index (χ4v) is 1.89. The summed E-state index contributed by atoms with van der Waals surface area (Å²) in [5.41, 5.74) is 1.41. The molecule has 23 heavy (non-hydrogen) atoms. The van der Waals surface area contributed by atoms with Crippen LogP contribution in [0.5, 0.6) is 0 Å². The fraction of sp³-hybridized carbons (Fsp3) is 0. The first-order valence-electron chi connectivity index (χ1n) is 5.64. The third-order valence-electron chi connectivity index (χ3n) is 2.33. The molecule has 2 aromatic rings. The minimum atomic E-state index is -4.67. The molecule has 0 aliphatic carbocycles. The number of fused-ring (bicyclic) bond motifs is 1. The van der Waals surface area contributed by atoms with E-state index in [4.69, 9.17) is 17.5 Å². The predicted octanol–water partition coefficient (Wildman–Crippen LogP) is -1.89. The van der Waals surface area contributed by atoms with Crippen LogP contribution in [-0.2, 0) is 20.7 Å². The Bertz CT molecular complexity index is 1080. The standard InChI is InChI=1S/C10H5N5O2S.H2O4S/c16-18(17)10-11-8-7(6-4-2-1-3-5-6)13-15-14-9(8)12-10;1-5(2,3)4/h1-5H;(H2,1,2,3,4). The Hall–Kier alpha value is -2.61. The van der Waals surface area contributed by atoms with Gasteiger partial charge in [-0.1, -0.05) is 30.3 Å². The molecule has 0 fully saturated rings. The average molecular weight is 357 g/mol. The molecule has 1 aromatic carbocycles. The molecule has 2 N–H and O–H groups in total. The molecule has 1 aliphatic heterocycles. The summed E-state index contributed by atoms with van der Waals surface area (Å²) in [6.45, 7) is 0. The van der Waals surface area contributed by atoms with E-state index in [1.165, 1.54) is 0 Å². The van der Waals surface area contributed by atoms with Crippen molar-refractivity contribution in [2.75, 3.05) is 0 Å². The highest BCUT2D eigenvalue weighted by molar-refractivity contribution is 7.79. The quantitative estimate of drug-likeness (QED) is 0.437. The highest BCUT2D eigenvalue weighted by Crippen LogP contribution is 2.10. The van der Waals surface area contributed by atoms with Crippen LogP contribution in [-0.4, -0.2) is 46.5 Å². The van der Waals surface area contributed by atoms with Gasteiger partial charge in [0.05, 0.1) is 0 Å². The van der Waals surface area contributed by atoms with Crippen LogP contribution in [0.4, 0.5) is 0 Å². The van der Waals surface area contributed by atoms with Crippen molar-refractivity contribution in [1.82, 2.24) is 15.4 Å². The van der Waals surface area contributed by atoms with Crippen LogP contribution in [0.25, 0.3) is 11.3 Å². The third-order valence-corrected chi connectivity index (χ3v) is 2.81. The van der Waals surface area contributed by atoms with Crippen LogP contribution < -0.4 is 10.8 Å². The van der Waals surface area contributed by atoms with E-state index in [2.05, 4.69) is 25.4 Å². The van der Waals surface area contributed by atoms with Gasteiger partial charge in [-0.15, -0.1) is 10.2 Å². The van der Waals surface area contributed by atoms with E-state index in [-0.39, 0.29) is 10.6 Å². The molecule has 0 saturated carbocycles. The summed E-state index contributed by atoms with van der Waals surface area (Å²) in [6, 6.07) is 9.20. The van der Waals surface area contributed by atoms with Crippen molar-refractivity contribution in [2.24, 2.45) is 9.98 Å². The van der Waals surface area contributed by atoms with E-state index in [1.807, 2.05) is 30.3 Å². The van der Waals surface area contributed by atoms with Crippen LogP contribution >= 0.6 is 0 Å². The van der Waals surface area contributed by atoms with Gasteiger partial charge in [-0.2, -0.15) is 21.8 Å². The molecule has 0 atom stereocenters. The van der Waals surface area contributed by atoms with Gasteiger partial charge in [0.15, 0.2) is 0 Å². The summed E-state index contributed by atoms with van der Waals surface area (Å²) >= 11 is 0. The summed E-state index contributed by atoms with van der Waals surface area (Å²) in [7, 11) is -7.16. The number of aromatic nitrogens is 3. The maximum atomic E-state index is 10.8. The molecular formula is C10H7N5O6S2. The number of hydrogen-bond donors (Lipinski definition) is 2. The zero-order valence-corrected chi connectivity index (χ0v) is 12.6. The number of hydrogen-bond acceptors (Lipinski definition) is 7. The zero-order valence-electron chi connectivity index (χ0n) is 11.0. The first-order chi connectivity index (χ1) is 10.8. The molecule has 0 saturated heterocycles. The van der Waals surface area contributed by atoms with Crippen molar-refractivity contribution < 1.29 is 25.9 Å². The Morgan fingerprint density at radius 3 is 2.13 bits per heavy atom. The van der Waals surface area contributed by atoms with Gasteiger partial charge in [0, 0.05) is 5.56 Å². The molecule has 120 valence electrons. The van der Waals surface area contributed by atoms with Gasteiger partial charge >= 0.3 is 10.4 Å². The molecule has 0 spiro atoms. The summed E-state index contributed by atoms with van der Waals surface area (Å²) in [6.07, 6.45) is 0. The van der Waals surface area contributed by atoms with Crippen molar-refractivity contribution in [3.05, 3.63) is 41.2 Å². The molecule has 11 nitrogen and oxygen atoms in total. The van der Waals surface area contributed by atoms with Crippen molar-refractivity contribution in [3.63, 3.8) is 0 Å². The Kier molecular flexibility index (Phi) is 4.85. The first-order valence-corrected chi connectivity index (χ1v) is 8.11. The summed E-state index contributed by atoms with van der Waals surface area (Å²) in [4.78, 5) is 7.66. The molecule has 2 heterocycles. The number of benzene rings is 1. The fourth-order valence-electron chi connectivity index (χ4n) is 1.56. The molecule has 0 unspecified atom stereocenters. The lowest BCUT2D eigenvalue weighted by Crippen LogP contribution is -2.30. The van der Waals surface area contributed by atoms with Gasteiger partial charge in [-0.05, 0) is 5.21 Å². The van der Waals surface area contributed by atoms with Crippen LogP contribution in [0, 0.1) is 0 Å². The van der Waals surface area contributed by atoms with Gasteiger partial charge < -0.3 is 0 Å². The van der Waals surface area contributed by atoms with Crippen molar-refractivity contribution in [3.8, 4) is 11.3 Å². The highest BCUT2D eigenvalue weighted by Gasteiger charge is 2.13. The largest absolute Gasteiger partial charge is 0.394 e. The Morgan fingerprint density at radius 1 is 0.957 bits per heavy atom. The second-order valence-electron chi connectivity index (χ2n) is 3.87. The second kappa shape index (κ2) is 6.66. The van der Waals surface area contributed by atoms with Gasteiger partial charge in [-0.3, -0.25) is 9.11 Å². The van der Waals surface area contributed by atoms with Gasteiger partial charge in [0.1, 0.15) is 11.1 Å². The van der Waals surface area contributed by atoms with Crippen molar-refractivity contribution in [2.45, 2.75) is 0 Å². The van der Waals surface area contributed by atoms with E-state index < -0.39 is 20.7 Å². The Balaban J connectivity index is 0.000000338. The zero-order chi connectivity index (χ0) is 17.0. The molecule has 0 bridgehead atoms. The predicted molar refractivity (Wildman–Crippen MR) is 75.7 cm³/mol. The number of nitrogens with zero attached hydrogens (tertiary/aromatic N) is 5. The van der Waals surface area contributed by atoms with E-state index >= 15 is 0 Å². The van der Waals surface area contributed by atoms with E-state index in [0.29, 0.717) is 11.1 Å². The topological polar surface area (TPSA) is 172 Å². The monoisotopic (exact) mass is 357 g/mol. The van der Waals surface area contributed by atoms with E-state index in [1.54, 1.807) is 0 Å². The van der Waals surface area contributed by atoms with Crippen LogP contribution in [0.15, 0.2) is 40.3 Å². The third kappa shape index (κ3) is 4.68. The molecule has 0 amide bonds. The highest BCUT2D eigenvalue weighted by atomic mass is 32.3. The van der Waals surface area contributed by atoms with E-state index in [9.17, 15) is 8.42 Å². The average Bonchev–Trinajstić information content (AvgIpc) is 2.90. The SMILES string of the molecule is O=S(=O)(O)O.O=S(=O)=C1N=c2nnnc(-c3ccccc3)c2=N1. The molecule has 13 heteroatoms. The molecular weight excluding hydrogens is 350 g/mol. The maximum absolute atomic E-state index is 10.8. The summed E-state index contributed by atoms with van der Waals surface area (Å²) in [5.74, 6) is 0. The van der Waals surface area contributed by atoms with Gasteiger partial charge in [-0.25, -0.2) is 4.99 Å². The van der Waals surface area contributed by atoms with Crippen molar-refractivity contribution in [1.29, 1.82) is 0 Å². The smallest absolute Gasteiger partial charge is 0.264 e. The van der Waals surface area contributed by atoms with E-state index in [0.717, 1.165) is 5.56 Å². The molecule has 0 radical (unpaired) electrons. The summed E-state index contributed by atoms with van der Waals surface area (Å²) < 4.78 is 53.2. The summed E-state index contributed by atoms with van der Waals surface area (Å²) in [5, 5.41) is 11.1. The van der Waals surface area contributed by atoms with Crippen molar-refractivity contribution >= 4 is 25.8 Å². The van der Waals surface area contributed by atoms with Gasteiger partial charge in [0.25, 0.3) is 15.4 Å². The second-order valence-corrected chi connectivity index (χ2v) is 5.60. The minimum absolute atomic E-state index is 0.169. The number of rotatable bonds is 1. The van der Waals surface area contributed by atoms with Crippen LogP contribution in [0.3, 0.4) is 0 Å². The first kappa shape index (κ1) is 16.8. The lowest BCUT2D eigenvalue weighted by Gasteiger charge is -1.96. The normalized spacial score (nSPS) is 12.3. The molecule has 3 rings (SSSR count). The minimum Gasteiger partial charge on any atom is -0.264 e. The van der Waals surface area contributed by atoms with Crippen LogP contribution in [0.2, 0.25) is 0 Å².